The molecule has 0 saturated carbocycles. The summed E-state index contributed by atoms with van der Waals surface area (Å²) < 4.78 is 40.9. The lowest BCUT2D eigenvalue weighted by molar-refractivity contribution is -0.144. The predicted octanol–water partition coefficient (Wildman–Crippen LogP) is 3.99. The summed E-state index contributed by atoms with van der Waals surface area (Å²) in [4.78, 5) is 11.6. The second kappa shape index (κ2) is 4.77. The summed E-state index contributed by atoms with van der Waals surface area (Å²) in [5.74, 6) is -0.999. The molecule has 0 fully saturated rings. The molecule has 4 aromatic rings. The molecule has 2 heterocycles. The Balaban J connectivity index is 2.09. The molecule has 0 spiro atoms. The zero-order chi connectivity index (χ0) is 16.0. The van der Waals surface area contributed by atoms with E-state index in [1.807, 2.05) is 6.07 Å². The van der Waals surface area contributed by atoms with Crippen LogP contribution in [0.1, 0.15) is 5.82 Å². The van der Waals surface area contributed by atoms with Crippen molar-refractivity contribution in [2.45, 2.75) is 6.18 Å². The molecule has 0 saturated heterocycles. The number of para-hydroxylation sites is 3. The van der Waals surface area contributed by atoms with Crippen molar-refractivity contribution in [3.63, 3.8) is 0 Å². The molecule has 0 aliphatic carbocycles. The Morgan fingerprint density at radius 1 is 0.826 bits per heavy atom. The van der Waals surface area contributed by atoms with Crippen LogP contribution >= 0.6 is 0 Å². The molecule has 4 nitrogen and oxygen atoms in total. The van der Waals surface area contributed by atoms with Gasteiger partial charge < -0.3 is 0 Å². The number of hydrogen-bond donors (Lipinski definition) is 0. The molecular formula is C16H9F3N4. The van der Waals surface area contributed by atoms with E-state index in [4.69, 9.17) is 0 Å². The van der Waals surface area contributed by atoms with Crippen LogP contribution in [0.15, 0.2) is 54.9 Å². The van der Waals surface area contributed by atoms with E-state index in [2.05, 4.69) is 15.0 Å². The second-order valence-electron chi connectivity index (χ2n) is 4.99. The van der Waals surface area contributed by atoms with Gasteiger partial charge in [0.25, 0.3) is 0 Å². The first kappa shape index (κ1) is 13.7. The Morgan fingerprint density at radius 3 is 2.30 bits per heavy atom. The minimum Gasteiger partial charge on any atom is -0.282 e. The van der Waals surface area contributed by atoms with Crippen LogP contribution in [0.25, 0.3) is 27.8 Å². The molecule has 0 aliphatic rings. The van der Waals surface area contributed by atoms with Gasteiger partial charge in [0.2, 0.25) is 5.82 Å². The van der Waals surface area contributed by atoms with Crippen LogP contribution in [0.5, 0.6) is 0 Å². The summed E-state index contributed by atoms with van der Waals surface area (Å²) in [6.45, 7) is 0. The van der Waals surface area contributed by atoms with E-state index in [9.17, 15) is 13.2 Å². The van der Waals surface area contributed by atoms with Crippen LogP contribution in [0.4, 0.5) is 13.2 Å². The molecule has 2 aromatic carbocycles. The number of fused-ring (bicyclic) bond motifs is 2. The first-order chi connectivity index (χ1) is 11.0. The van der Waals surface area contributed by atoms with Crippen LogP contribution in [0.3, 0.4) is 0 Å². The maximum absolute atomic E-state index is 13.1. The summed E-state index contributed by atoms with van der Waals surface area (Å²) in [6.07, 6.45) is -3.14. The second-order valence-corrected chi connectivity index (χ2v) is 4.99. The lowest BCUT2D eigenvalue weighted by atomic mass is 10.2. The number of benzene rings is 2. The Bertz CT molecular complexity index is 1020. The van der Waals surface area contributed by atoms with E-state index in [0.29, 0.717) is 16.4 Å². The Kier molecular flexibility index (Phi) is 2.84. The summed E-state index contributed by atoms with van der Waals surface area (Å²) in [6, 6.07) is 13.8. The van der Waals surface area contributed by atoms with Crippen molar-refractivity contribution in [2.75, 3.05) is 0 Å². The Morgan fingerprint density at radius 2 is 1.52 bits per heavy atom. The quantitative estimate of drug-likeness (QED) is 0.533. The van der Waals surface area contributed by atoms with Gasteiger partial charge in [-0.1, -0.05) is 24.3 Å². The van der Waals surface area contributed by atoms with Gasteiger partial charge in [-0.25, -0.2) is 15.0 Å². The first-order valence-electron chi connectivity index (χ1n) is 6.80. The first-order valence-corrected chi connectivity index (χ1v) is 6.80. The number of hydrogen-bond acceptors (Lipinski definition) is 3. The zero-order valence-electron chi connectivity index (χ0n) is 11.6. The van der Waals surface area contributed by atoms with Gasteiger partial charge in [0.15, 0.2) is 0 Å². The smallest absolute Gasteiger partial charge is 0.282 e. The lowest BCUT2D eigenvalue weighted by Crippen LogP contribution is -2.13. The van der Waals surface area contributed by atoms with Gasteiger partial charge in [0.1, 0.15) is 12.1 Å². The predicted molar refractivity (Wildman–Crippen MR) is 79.2 cm³/mol. The summed E-state index contributed by atoms with van der Waals surface area (Å²) in [5.41, 5.74) is 1.61. The number of halogens is 3. The van der Waals surface area contributed by atoms with Gasteiger partial charge in [-0.15, -0.1) is 0 Å². The zero-order valence-corrected chi connectivity index (χ0v) is 11.6. The van der Waals surface area contributed by atoms with E-state index in [-0.39, 0.29) is 11.3 Å². The van der Waals surface area contributed by atoms with E-state index in [1.54, 1.807) is 41.0 Å². The lowest BCUT2D eigenvalue weighted by Gasteiger charge is -2.11. The number of rotatable bonds is 1. The molecule has 0 atom stereocenters. The molecule has 23 heavy (non-hydrogen) atoms. The summed E-state index contributed by atoms with van der Waals surface area (Å²) >= 11 is 0. The van der Waals surface area contributed by atoms with Crippen molar-refractivity contribution in [3.8, 4) is 5.82 Å². The van der Waals surface area contributed by atoms with Gasteiger partial charge in [0.05, 0.1) is 16.6 Å². The van der Waals surface area contributed by atoms with Crippen molar-refractivity contribution >= 4 is 21.9 Å². The highest BCUT2D eigenvalue weighted by atomic mass is 19.4. The molecule has 0 unspecified atom stereocenters. The van der Waals surface area contributed by atoms with Gasteiger partial charge in [0, 0.05) is 5.39 Å². The minimum atomic E-state index is -4.62. The van der Waals surface area contributed by atoms with Crippen LogP contribution in [-0.2, 0) is 6.18 Å². The average Bonchev–Trinajstić information content (AvgIpc) is 2.97. The third kappa shape index (κ3) is 2.21. The molecule has 0 amide bonds. The fraction of sp³-hybridized carbons (Fsp3) is 0.0625. The van der Waals surface area contributed by atoms with Crippen molar-refractivity contribution in [1.82, 2.24) is 19.5 Å². The standard InChI is InChI=1S/C16H9F3N4/c17-16(18,19)15-21-11-6-2-1-5-10(11)14(22-15)23-9-20-12-7-3-4-8-13(12)23/h1-9H. The maximum Gasteiger partial charge on any atom is 0.451 e. The van der Waals surface area contributed by atoms with Gasteiger partial charge >= 0.3 is 6.18 Å². The molecule has 2 aromatic heterocycles. The normalized spacial score (nSPS) is 12.1. The third-order valence-electron chi connectivity index (χ3n) is 3.52. The van der Waals surface area contributed by atoms with E-state index in [1.165, 1.54) is 12.4 Å². The highest BCUT2D eigenvalue weighted by molar-refractivity contribution is 5.88. The SMILES string of the molecule is FC(F)(F)c1nc(-n2cnc3ccccc32)c2ccccc2n1. The number of aromatic nitrogens is 4. The fourth-order valence-electron chi connectivity index (χ4n) is 2.50. The van der Waals surface area contributed by atoms with Crippen LogP contribution in [0.2, 0.25) is 0 Å². The molecule has 0 bridgehead atoms. The molecule has 0 aliphatic heterocycles. The highest BCUT2D eigenvalue weighted by Gasteiger charge is 2.35. The van der Waals surface area contributed by atoms with Crippen molar-refractivity contribution in [3.05, 3.63) is 60.7 Å². The largest absolute Gasteiger partial charge is 0.451 e. The van der Waals surface area contributed by atoms with Gasteiger partial charge in [-0.05, 0) is 24.3 Å². The Labute approximate surface area is 128 Å². The average molecular weight is 314 g/mol. The van der Waals surface area contributed by atoms with E-state index < -0.39 is 12.0 Å². The van der Waals surface area contributed by atoms with Crippen molar-refractivity contribution in [1.29, 1.82) is 0 Å². The maximum atomic E-state index is 13.1. The molecule has 7 heteroatoms. The minimum absolute atomic E-state index is 0.164. The monoisotopic (exact) mass is 314 g/mol. The van der Waals surface area contributed by atoms with Crippen LogP contribution < -0.4 is 0 Å². The van der Waals surface area contributed by atoms with Crippen LogP contribution in [0, 0.1) is 0 Å². The molecule has 4 rings (SSSR count). The molecule has 114 valence electrons. The molecular weight excluding hydrogens is 305 g/mol. The summed E-state index contributed by atoms with van der Waals surface area (Å²) in [7, 11) is 0. The number of alkyl halides is 3. The van der Waals surface area contributed by atoms with E-state index in [0.717, 1.165) is 0 Å². The van der Waals surface area contributed by atoms with Gasteiger partial charge in [-0.3, -0.25) is 4.57 Å². The highest BCUT2D eigenvalue weighted by Crippen LogP contribution is 2.30. The van der Waals surface area contributed by atoms with E-state index >= 15 is 0 Å². The Hall–Kier alpha value is -2.96. The third-order valence-corrected chi connectivity index (χ3v) is 3.52. The number of imidazole rings is 1. The summed E-state index contributed by atoms with van der Waals surface area (Å²) in [5, 5.41) is 0.531. The van der Waals surface area contributed by atoms with Crippen molar-refractivity contribution < 1.29 is 13.2 Å². The van der Waals surface area contributed by atoms with Gasteiger partial charge in [-0.2, -0.15) is 13.2 Å². The van der Waals surface area contributed by atoms with Crippen LogP contribution in [-0.4, -0.2) is 19.5 Å². The fourth-order valence-corrected chi connectivity index (χ4v) is 2.50. The molecule has 0 radical (unpaired) electrons. The topological polar surface area (TPSA) is 43.6 Å². The molecule has 0 N–H and O–H groups in total. The number of nitrogens with zero attached hydrogens (tertiary/aromatic N) is 4. The van der Waals surface area contributed by atoms with Crippen molar-refractivity contribution in [2.24, 2.45) is 0 Å².